The zero-order valence-corrected chi connectivity index (χ0v) is 10.1. The minimum atomic E-state index is 0.318. The summed E-state index contributed by atoms with van der Waals surface area (Å²) >= 11 is 0. The molecule has 0 unspecified atom stereocenters. The largest absolute Gasteiger partial charge is 0.463 e. The first-order chi connectivity index (χ1) is 9.33. The number of anilines is 1. The highest BCUT2D eigenvalue weighted by Gasteiger charge is 2.08. The zero-order chi connectivity index (χ0) is 13.1. The first kappa shape index (κ1) is 11.3. The Hall–Kier alpha value is -2.82. The molecule has 2 N–H and O–H groups in total. The van der Waals surface area contributed by atoms with Gasteiger partial charge in [0.1, 0.15) is 5.69 Å². The number of nitrogen functional groups attached to an aromatic ring is 1. The number of nitrogens with two attached hydrogens (primary N) is 1. The molecular formula is C14H12N4O. The number of aromatic nitrogens is 2. The molecule has 0 aliphatic rings. The van der Waals surface area contributed by atoms with Gasteiger partial charge in [-0.25, -0.2) is 9.66 Å². The Bertz CT molecular complexity index is 684. The van der Waals surface area contributed by atoms with E-state index in [1.165, 1.54) is 4.68 Å². The minimum Gasteiger partial charge on any atom is -0.463 e. The Morgan fingerprint density at radius 1 is 1.16 bits per heavy atom. The molecule has 1 aromatic carbocycles. The maximum atomic E-state index is 5.81. The molecule has 2 heterocycles. The molecule has 0 amide bonds. The molecule has 5 nitrogen and oxygen atoms in total. The Kier molecular flexibility index (Phi) is 2.86. The Morgan fingerprint density at radius 2 is 2.00 bits per heavy atom. The van der Waals surface area contributed by atoms with E-state index in [0.717, 1.165) is 5.56 Å². The van der Waals surface area contributed by atoms with Gasteiger partial charge in [-0.05, 0) is 17.7 Å². The average Bonchev–Trinajstić information content (AvgIpc) is 3.07. The van der Waals surface area contributed by atoms with Gasteiger partial charge in [-0.2, -0.15) is 5.10 Å². The van der Waals surface area contributed by atoms with E-state index >= 15 is 0 Å². The first-order valence-electron chi connectivity index (χ1n) is 5.81. The van der Waals surface area contributed by atoms with Crippen LogP contribution in [0.15, 0.2) is 64.4 Å². The van der Waals surface area contributed by atoms with Crippen LogP contribution in [-0.4, -0.2) is 15.9 Å². The summed E-state index contributed by atoms with van der Waals surface area (Å²) in [5.74, 6) is 0.985. The van der Waals surface area contributed by atoms with Gasteiger partial charge >= 0.3 is 0 Å². The molecule has 0 fully saturated rings. The molecule has 0 saturated heterocycles. The summed E-state index contributed by atoms with van der Waals surface area (Å²) in [6.07, 6.45) is 5.05. The van der Waals surface area contributed by atoms with Crippen molar-refractivity contribution in [3.63, 3.8) is 0 Å². The zero-order valence-electron chi connectivity index (χ0n) is 10.1. The fourth-order valence-corrected chi connectivity index (χ4v) is 1.69. The second kappa shape index (κ2) is 4.81. The summed E-state index contributed by atoms with van der Waals surface area (Å²) in [6.45, 7) is 0. The Morgan fingerprint density at radius 3 is 2.74 bits per heavy atom. The lowest BCUT2D eigenvalue weighted by Crippen LogP contribution is -1.96. The monoisotopic (exact) mass is 252 g/mol. The van der Waals surface area contributed by atoms with Crippen molar-refractivity contribution >= 4 is 12.2 Å². The van der Waals surface area contributed by atoms with Crippen molar-refractivity contribution in [2.24, 2.45) is 5.10 Å². The Labute approximate surface area is 110 Å². The van der Waals surface area contributed by atoms with Crippen LogP contribution in [0, 0.1) is 0 Å². The maximum absolute atomic E-state index is 5.81. The molecule has 2 aromatic heterocycles. The number of rotatable bonds is 3. The van der Waals surface area contributed by atoms with Crippen LogP contribution < -0.4 is 5.73 Å². The van der Waals surface area contributed by atoms with Gasteiger partial charge < -0.3 is 10.2 Å². The number of nitrogens with zero attached hydrogens (tertiary/aromatic N) is 3. The third-order valence-electron chi connectivity index (χ3n) is 2.62. The molecule has 3 aromatic rings. The smallest absolute Gasteiger partial charge is 0.221 e. The van der Waals surface area contributed by atoms with Crippen molar-refractivity contribution in [2.45, 2.75) is 0 Å². The van der Waals surface area contributed by atoms with E-state index in [1.807, 2.05) is 36.4 Å². The predicted octanol–water partition coefficient (Wildman–Crippen LogP) is 2.61. The van der Waals surface area contributed by atoms with Crippen LogP contribution in [0.5, 0.6) is 0 Å². The highest BCUT2D eigenvalue weighted by molar-refractivity contribution is 5.79. The molecule has 3 rings (SSSR count). The summed E-state index contributed by atoms with van der Waals surface area (Å²) in [4.78, 5) is 4.20. The van der Waals surface area contributed by atoms with Gasteiger partial charge in [-0.3, -0.25) is 0 Å². The van der Waals surface area contributed by atoms with Gasteiger partial charge in [-0.15, -0.1) is 0 Å². The number of hydrogen-bond donors (Lipinski definition) is 1. The van der Waals surface area contributed by atoms with Gasteiger partial charge in [-0.1, -0.05) is 30.3 Å². The van der Waals surface area contributed by atoms with Crippen molar-refractivity contribution < 1.29 is 4.42 Å². The van der Waals surface area contributed by atoms with Crippen LogP contribution in [0.4, 0.5) is 5.95 Å². The highest BCUT2D eigenvalue weighted by atomic mass is 16.3. The molecular weight excluding hydrogens is 240 g/mol. The van der Waals surface area contributed by atoms with Crippen molar-refractivity contribution in [3.8, 4) is 11.5 Å². The lowest BCUT2D eigenvalue weighted by molar-refractivity contribution is 0.580. The summed E-state index contributed by atoms with van der Waals surface area (Å²) in [5.41, 5.74) is 7.46. The molecule has 0 aliphatic heterocycles. The fraction of sp³-hybridized carbons (Fsp3) is 0. The number of imidazole rings is 1. The summed E-state index contributed by atoms with van der Waals surface area (Å²) < 4.78 is 6.79. The van der Waals surface area contributed by atoms with E-state index in [0.29, 0.717) is 17.4 Å². The van der Waals surface area contributed by atoms with Crippen LogP contribution in [0.3, 0.4) is 0 Å². The van der Waals surface area contributed by atoms with Gasteiger partial charge in [0.15, 0.2) is 5.76 Å². The number of furan rings is 1. The molecule has 0 aliphatic carbocycles. The molecule has 0 radical (unpaired) electrons. The predicted molar refractivity (Wildman–Crippen MR) is 73.8 cm³/mol. The van der Waals surface area contributed by atoms with Crippen molar-refractivity contribution in [1.82, 2.24) is 9.66 Å². The van der Waals surface area contributed by atoms with Gasteiger partial charge in [0.2, 0.25) is 5.95 Å². The van der Waals surface area contributed by atoms with Crippen LogP contribution in [0.1, 0.15) is 5.56 Å². The SMILES string of the molecule is Nc1nc(-c2ccco2)cn1N=Cc1ccccc1. The maximum Gasteiger partial charge on any atom is 0.221 e. The molecule has 5 heteroatoms. The molecule has 0 bridgehead atoms. The van der Waals surface area contributed by atoms with E-state index < -0.39 is 0 Å². The quantitative estimate of drug-likeness (QED) is 0.728. The van der Waals surface area contributed by atoms with E-state index in [2.05, 4.69) is 10.1 Å². The number of hydrogen-bond acceptors (Lipinski definition) is 4. The second-order valence-corrected chi connectivity index (χ2v) is 3.96. The molecule has 19 heavy (non-hydrogen) atoms. The average molecular weight is 252 g/mol. The molecule has 0 spiro atoms. The normalized spacial score (nSPS) is 11.2. The minimum absolute atomic E-state index is 0.318. The molecule has 94 valence electrons. The van der Waals surface area contributed by atoms with Crippen LogP contribution in [0.25, 0.3) is 11.5 Å². The number of benzene rings is 1. The van der Waals surface area contributed by atoms with Crippen molar-refractivity contribution in [3.05, 3.63) is 60.5 Å². The van der Waals surface area contributed by atoms with E-state index in [4.69, 9.17) is 10.2 Å². The topological polar surface area (TPSA) is 69.3 Å². The van der Waals surface area contributed by atoms with Gasteiger partial charge in [0.25, 0.3) is 0 Å². The second-order valence-electron chi connectivity index (χ2n) is 3.96. The van der Waals surface area contributed by atoms with Crippen molar-refractivity contribution in [2.75, 3.05) is 5.73 Å². The first-order valence-corrected chi connectivity index (χ1v) is 5.81. The van der Waals surface area contributed by atoms with E-state index in [-0.39, 0.29) is 0 Å². The molecule has 0 atom stereocenters. The van der Waals surface area contributed by atoms with Crippen LogP contribution in [0.2, 0.25) is 0 Å². The fourth-order valence-electron chi connectivity index (χ4n) is 1.69. The standard InChI is InChI=1S/C14H12N4O/c15-14-17-12(13-7-4-8-19-13)10-18(14)16-9-11-5-2-1-3-6-11/h1-10H,(H2,15,17). The van der Waals surface area contributed by atoms with Gasteiger partial charge in [0, 0.05) is 0 Å². The summed E-state index contributed by atoms with van der Waals surface area (Å²) in [5, 5.41) is 4.27. The third kappa shape index (κ3) is 2.40. The lowest BCUT2D eigenvalue weighted by Gasteiger charge is -1.94. The molecule has 0 saturated carbocycles. The highest BCUT2D eigenvalue weighted by Crippen LogP contribution is 2.19. The third-order valence-corrected chi connectivity index (χ3v) is 2.62. The summed E-state index contributed by atoms with van der Waals surface area (Å²) in [6, 6.07) is 13.4. The summed E-state index contributed by atoms with van der Waals surface area (Å²) in [7, 11) is 0. The van der Waals surface area contributed by atoms with E-state index in [9.17, 15) is 0 Å². The lowest BCUT2D eigenvalue weighted by atomic mass is 10.2. The van der Waals surface area contributed by atoms with E-state index in [1.54, 1.807) is 24.7 Å². The van der Waals surface area contributed by atoms with Crippen LogP contribution in [-0.2, 0) is 0 Å². The van der Waals surface area contributed by atoms with Crippen molar-refractivity contribution in [1.29, 1.82) is 0 Å². The Balaban J connectivity index is 1.88. The van der Waals surface area contributed by atoms with Gasteiger partial charge in [0.05, 0.1) is 18.7 Å². The van der Waals surface area contributed by atoms with Crippen LogP contribution >= 0.6 is 0 Å².